The molecule has 0 unspecified atom stereocenters. The summed E-state index contributed by atoms with van der Waals surface area (Å²) in [6.45, 7) is 0.265. The highest BCUT2D eigenvalue weighted by molar-refractivity contribution is 5.60. The molecule has 2 rings (SSSR count). The van der Waals surface area contributed by atoms with E-state index in [0.717, 1.165) is 5.56 Å². The number of nitrogen functional groups attached to an aromatic ring is 1. The van der Waals surface area contributed by atoms with Gasteiger partial charge in [-0.05, 0) is 11.6 Å². The highest BCUT2D eigenvalue weighted by Crippen LogP contribution is 2.26. The zero-order chi connectivity index (χ0) is 14.5. The molecule has 2 aromatic rings. The maximum atomic E-state index is 10.6. The van der Waals surface area contributed by atoms with Gasteiger partial charge in [0.25, 0.3) is 5.69 Å². The van der Waals surface area contributed by atoms with Gasteiger partial charge >= 0.3 is 0 Å². The summed E-state index contributed by atoms with van der Waals surface area (Å²) in [5.74, 6) is 0.458. The number of hydrogen-bond donors (Lipinski definition) is 2. The minimum absolute atomic E-state index is 0.0702. The van der Waals surface area contributed by atoms with Gasteiger partial charge in [-0.1, -0.05) is 30.3 Å². The largest absolute Gasteiger partial charge is 0.492 e. The second kappa shape index (κ2) is 6.03. The number of benzene rings is 2. The molecule has 0 aliphatic rings. The quantitative estimate of drug-likeness (QED) is 0.494. The van der Waals surface area contributed by atoms with Crippen LogP contribution >= 0.6 is 0 Å². The van der Waals surface area contributed by atoms with E-state index in [-0.39, 0.29) is 24.0 Å². The van der Waals surface area contributed by atoms with Crippen molar-refractivity contribution in [3.63, 3.8) is 0 Å². The summed E-state index contributed by atoms with van der Waals surface area (Å²) in [6.07, 6.45) is 0. The molecule has 4 N–H and O–H groups in total. The lowest BCUT2D eigenvalue weighted by atomic mass is 10.1. The monoisotopic (exact) mass is 273 g/mol. The fraction of sp³-hybridized carbons (Fsp3) is 0.143. The molecule has 0 fully saturated rings. The number of anilines is 1. The van der Waals surface area contributed by atoms with Gasteiger partial charge in [0.2, 0.25) is 0 Å². The van der Waals surface area contributed by atoms with E-state index in [2.05, 4.69) is 0 Å². The number of nitrogens with two attached hydrogens (primary N) is 2. The van der Waals surface area contributed by atoms with Crippen LogP contribution < -0.4 is 16.2 Å². The van der Waals surface area contributed by atoms with Crippen LogP contribution in [0.3, 0.4) is 0 Å². The Morgan fingerprint density at radius 3 is 2.50 bits per heavy atom. The van der Waals surface area contributed by atoms with Crippen LogP contribution in [0.1, 0.15) is 11.6 Å². The Kier molecular flexibility index (Phi) is 4.17. The Hall–Kier alpha value is -2.60. The molecule has 0 saturated heterocycles. The smallest absolute Gasteiger partial charge is 0.292 e. The van der Waals surface area contributed by atoms with Crippen molar-refractivity contribution in [1.29, 1.82) is 0 Å². The number of nitro groups is 1. The average Bonchev–Trinajstić information content (AvgIpc) is 2.45. The van der Waals surface area contributed by atoms with E-state index in [1.807, 2.05) is 30.3 Å². The Bertz CT molecular complexity index is 602. The van der Waals surface area contributed by atoms with Crippen molar-refractivity contribution in [3.05, 3.63) is 64.2 Å². The summed E-state index contributed by atoms with van der Waals surface area (Å²) < 4.78 is 5.51. The van der Waals surface area contributed by atoms with Gasteiger partial charge in [0.15, 0.2) is 0 Å². The minimum Gasteiger partial charge on any atom is -0.492 e. The summed E-state index contributed by atoms with van der Waals surface area (Å²) in [6, 6.07) is 13.5. The predicted octanol–water partition coefficient (Wildman–Crippen LogP) is 2.26. The summed E-state index contributed by atoms with van der Waals surface area (Å²) >= 11 is 0. The van der Waals surface area contributed by atoms with Gasteiger partial charge in [0, 0.05) is 12.1 Å². The van der Waals surface area contributed by atoms with Crippen LogP contribution in [0, 0.1) is 10.1 Å². The van der Waals surface area contributed by atoms with E-state index < -0.39 is 4.92 Å². The molecule has 0 aliphatic carbocycles. The number of ether oxygens (including phenoxy) is 1. The maximum Gasteiger partial charge on any atom is 0.292 e. The van der Waals surface area contributed by atoms with Gasteiger partial charge in [-0.2, -0.15) is 0 Å². The second-order valence-corrected chi connectivity index (χ2v) is 4.31. The van der Waals surface area contributed by atoms with Gasteiger partial charge in [-0.25, -0.2) is 0 Å². The first-order chi connectivity index (χ1) is 9.58. The topological polar surface area (TPSA) is 104 Å². The van der Waals surface area contributed by atoms with Gasteiger partial charge in [-0.3, -0.25) is 10.1 Å². The van der Waals surface area contributed by atoms with E-state index in [1.54, 1.807) is 0 Å². The molecular formula is C14H15N3O3. The molecule has 0 heterocycles. The van der Waals surface area contributed by atoms with Crippen LogP contribution in [0.5, 0.6) is 5.75 Å². The van der Waals surface area contributed by atoms with Crippen molar-refractivity contribution in [1.82, 2.24) is 0 Å². The van der Waals surface area contributed by atoms with E-state index in [4.69, 9.17) is 16.2 Å². The van der Waals surface area contributed by atoms with Gasteiger partial charge in [0.1, 0.15) is 18.0 Å². The molecule has 2 aromatic carbocycles. The standard InChI is InChI=1S/C14H15N3O3/c15-12-8-11(6-7-14(12)17(18)19)20-9-13(16)10-4-2-1-3-5-10/h1-8,13H,9,15-16H2/t13-/m1/s1. The molecule has 0 radical (unpaired) electrons. The molecule has 6 nitrogen and oxygen atoms in total. The molecule has 0 aromatic heterocycles. The summed E-state index contributed by atoms with van der Waals surface area (Å²) in [4.78, 5) is 10.1. The highest BCUT2D eigenvalue weighted by Gasteiger charge is 2.12. The first-order valence-electron chi connectivity index (χ1n) is 6.05. The van der Waals surface area contributed by atoms with Crippen molar-refractivity contribution >= 4 is 11.4 Å². The first kappa shape index (κ1) is 13.8. The number of rotatable bonds is 5. The van der Waals surface area contributed by atoms with Crippen molar-refractivity contribution < 1.29 is 9.66 Å². The minimum atomic E-state index is -0.533. The molecular weight excluding hydrogens is 258 g/mol. The Labute approximate surface area is 116 Å². The van der Waals surface area contributed by atoms with E-state index in [0.29, 0.717) is 5.75 Å². The molecule has 104 valence electrons. The number of hydrogen-bond acceptors (Lipinski definition) is 5. The molecule has 6 heteroatoms. The summed E-state index contributed by atoms with van der Waals surface area (Å²) in [5.41, 5.74) is 12.5. The highest BCUT2D eigenvalue weighted by atomic mass is 16.6. The average molecular weight is 273 g/mol. The van der Waals surface area contributed by atoms with Gasteiger partial charge in [0.05, 0.1) is 11.0 Å². The number of nitrogens with zero attached hydrogens (tertiary/aromatic N) is 1. The Morgan fingerprint density at radius 1 is 1.20 bits per heavy atom. The Balaban J connectivity index is 2.01. The molecule has 0 spiro atoms. The van der Waals surface area contributed by atoms with Crippen LogP contribution in [0.15, 0.2) is 48.5 Å². The molecule has 1 atom stereocenters. The summed E-state index contributed by atoms with van der Waals surface area (Å²) in [7, 11) is 0. The zero-order valence-electron chi connectivity index (χ0n) is 10.7. The molecule has 0 aliphatic heterocycles. The lowest BCUT2D eigenvalue weighted by Gasteiger charge is -2.13. The normalized spacial score (nSPS) is 11.8. The van der Waals surface area contributed by atoms with Crippen molar-refractivity contribution in [2.24, 2.45) is 5.73 Å². The maximum absolute atomic E-state index is 10.6. The molecule has 0 bridgehead atoms. The fourth-order valence-electron chi connectivity index (χ4n) is 1.77. The van der Waals surface area contributed by atoms with Crippen LogP contribution in [-0.4, -0.2) is 11.5 Å². The SMILES string of the molecule is Nc1cc(OC[C@@H](N)c2ccccc2)ccc1[N+](=O)[O-]. The van der Waals surface area contributed by atoms with Crippen LogP contribution in [0.2, 0.25) is 0 Å². The van der Waals surface area contributed by atoms with E-state index in [9.17, 15) is 10.1 Å². The number of nitro benzene ring substituents is 1. The van der Waals surface area contributed by atoms with Crippen molar-refractivity contribution in [2.75, 3.05) is 12.3 Å². The third kappa shape index (κ3) is 3.24. The molecule has 0 saturated carbocycles. The first-order valence-corrected chi connectivity index (χ1v) is 6.05. The van der Waals surface area contributed by atoms with Crippen molar-refractivity contribution in [2.45, 2.75) is 6.04 Å². The molecule has 20 heavy (non-hydrogen) atoms. The third-order valence-electron chi connectivity index (χ3n) is 2.85. The van der Waals surface area contributed by atoms with E-state index >= 15 is 0 Å². The van der Waals surface area contributed by atoms with Crippen LogP contribution in [-0.2, 0) is 0 Å². The Morgan fingerprint density at radius 2 is 1.90 bits per heavy atom. The van der Waals surface area contributed by atoms with Crippen LogP contribution in [0.25, 0.3) is 0 Å². The van der Waals surface area contributed by atoms with Crippen LogP contribution in [0.4, 0.5) is 11.4 Å². The van der Waals surface area contributed by atoms with E-state index in [1.165, 1.54) is 18.2 Å². The summed E-state index contributed by atoms with van der Waals surface area (Å²) in [5, 5.41) is 10.6. The van der Waals surface area contributed by atoms with Gasteiger partial charge in [-0.15, -0.1) is 0 Å². The van der Waals surface area contributed by atoms with Gasteiger partial charge < -0.3 is 16.2 Å². The van der Waals surface area contributed by atoms with Crippen molar-refractivity contribution in [3.8, 4) is 5.75 Å². The lowest BCUT2D eigenvalue weighted by Crippen LogP contribution is -2.18. The molecule has 0 amide bonds. The third-order valence-corrected chi connectivity index (χ3v) is 2.85. The second-order valence-electron chi connectivity index (χ2n) is 4.31. The lowest BCUT2D eigenvalue weighted by molar-refractivity contribution is -0.383. The zero-order valence-corrected chi connectivity index (χ0v) is 10.7. The fourth-order valence-corrected chi connectivity index (χ4v) is 1.77. The predicted molar refractivity (Wildman–Crippen MR) is 76.4 cm³/mol.